The Balaban J connectivity index is 2.29. The molecule has 0 unspecified atom stereocenters. The van der Waals surface area contributed by atoms with Gasteiger partial charge in [-0.05, 0) is 51.3 Å². The van der Waals surface area contributed by atoms with E-state index in [1.165, 1.54) is 25.3 Å². The van der Waals surface area contributed by atoms with E-state index in [1.54, 1.807) is 11.8 Å². The second-order valence-electron chi connectivity index (χ2n) is 7.69. The van der Waals surface area contributed by atoms with Gasteiger partial charge in [0.25, 0.3) is 0 Å². The van der Waals surface area contributed by atoms with Gasteiger partial charge in [-0.3, -0.25) is 9.79 Å². The van der Waals surface area contributed by atoms with Crippen LogP contribution in [0.25, 0.3) is 0 Å². The molecule has 0 spiro atoms. The minimum absolute atomic E-state index is 0.0188. The highest BCUT2D eigenvalue weighted by Gasteiger charge is 2.32. The Morgan fingerprint density at radius 1 is 1.38 bits per heavy atom. The monoisotopic (exact) mass is 377 g/mol. The lowest BCUT2D eigenvalue weighted by Crippen LogP contribution is -2.27. The third kappa shape index (κ3) is 5.76. The van der Waals surface area contributed by atoms with Gasteiger partial charge in [-0.1, -0.05) is 19.8 Å². The van der Waals surface area contributed by atoms with Crippen molar-refractivity contribution >= 4 is 23.4 Å². The fraction of sp³-hybridized carbons (Fsp3) is 0.619. The van der Waals surface area contributed by atoms with E-state index in [-0.39, 0.29) is 16.8 Å². The largest absolute Gasteiger partial charge is 0.507 e. The van der Waals surface area contributed by atoms with Gasteiger partial charge in [0.15, 0.2) is 0 Å². The van der Waals surface area contributed by atoms with Gasteiger partial charge >= 0.3 is 5.97 Å². The number of phenolic OH excluding ortho intramolecular Hbond substituents is 1. The molecule has 1 aromatic carbocycles. The van der Waals surface area contributed by atoms with Crippen LogP contribution in [0.5, 0.6) is 5.75 Å². The first kappa shape index (κ1) is 20.8. The molecule has 0 fully saturated rings. The lowest BCUT2D eigenvalue weighted by atomic mass is 9.95. The van der Waals surface area contributed by atoms with Crippen LogP contribution in [0.15, 0.2) is 22.0 Å². The molecule has 0 saturated heterocycles. The van der Waals surface area contributed by atoms with E-state index in [1.807, 2.05) is 13.0 Å². The fourth-order valence-corrected chi connectivity index (χ4v) is 4.61. The molecule has 26 heavy (non-hydrogen) atoms. The van der Waals surface area contributed by atoms with E-state index in [2.05, 4.69) is 26.8 Å². The predicted molar refractivity (Wildman–Crippen MR) is 109 cm³/mol. The SMILES string of the molecule is CCCCCc1cc(O)c2c(c1)SC(C)(C)CC2=NC[C@@H](C)OC(C)=O. The fourth-order valence-electron chi connectivity index (χ4n) is 3.27. The number of hydrogen-bond donors (Lipinski definition) is 1. The zero-order chi connectivity index (χ0) is 19.3. The highest BCUT2D eigenvalue weighted by molar-refractivity contribution is 8.00. The maximum atomic E-state index is 11.1. The van der Waals surface area contributed by atoms with Crippen LogP contribution in [-0.4, -0.2) is 34.2 Å². The average molecular weight is 378 g/mol. The Kier molecular flexibility index (Phi) is 7.16. The van der Waals surface area contributed by atoms with Crippen LogP contribution in [0.3, 0.4) is 0 Å². The highest BCUT2D eigenvalue weighted by atomic mass is 32.2. The summed E-state index contributed by atoms with van der Waals surface area (Å²) < 4.78 is 5.19. The predicted octanol–water partition coefficient (Wildman–Crippen LogP) is 5.14. The normalized spacial score (nSPS) is 18.4. The molecule has 1 heterocycles. The standard InChI is InChI=1S/C21H31NO3S/c1-6-7-8-9-16-10-18(24)20-17(22-13-14(2)25-15(3)23)12-21(4,5)26-19(20)11-16/h10-11,14,24H,6-9,12-13H2,1-5H3/t14-/m1/s1. The molecule has 4 nitrogen and oxygen atoms in total. The second-order valence-corrected chi connectivity index (χ2v) is 9.44. The minimum Gasteiger partial charge on any atom is -0.507 e. The van der Waals surface area contributed by atoms with E-state index in [0.717, 1.165) is 35.4 Å². The van der Waals surface area contributed by atoms with E-state index < -0.39 is 0 Å². The zero-order valence-electron chi connectivity index (χ0n) is 16.6. The molecular weight excluding hydrogens is 346 g/mol. The average Bonchev–Trinajstić information content (AvgIpc) is 2.50. The number of esters is 1. The minimum atomic E-state index is -0.294. The van der Waals surface area contributed by atoms with E-state index in [9.17, 15) is 9.90 Å². The quantitative estimate of drug-likeness (QED) is 0.528. The molecule has 0 radical (unpaired) electrons. The Labute approximate surface area is 161 Å². The third-order valence-electron chi connectivity index (χ3n) is 4.38. The highest BCUT2D eigenvalue weighted by Crippen LogP contribution is 2.46. The summed E-state index contributed by atoms with van der Waals surface area (Å²) in [5.74, 6) is 0.0214. The molecule has 1 atom stereocenters. The molecule has 0 amide bonds. The Morgan fingerprint density at radius 2 is 2.12 bits per heavy atom. The van der Waals surface area contributed by atoms with Crippen LogP contribution in [0.1, 0.15) is 71.4 Å². The van der Waals surface area contributed by atoms with E-state index in [4.69, 9.17) is 9.73 Å². The molecule has 0 bridgehead atoms. The number of aryl methyl sites for hydroxylation is 1. The van der Waals surface area contributed by atoms with Crippen molar-refractivity contribution in [2.45, 2.75) is 82.5 Å². The lowest BCUT2D eigenvalue weighted by Gasteiger charge is -2.32. The number of carbonyl (C=O) groups excluding carboxylic acids is 1. The Hall–Kier alpha value is -1.49. The van der Waals surface area contributed by atoms with Crippen LogP contribution in [0.4, 0.5) is 0 Å². The van der Waals surface area contributed by atoms with Gasteiger partial charge in [0, 0.05) is 28.7 Å². The number of thioether (sulfide) groups is 1. The molecule has 0 aromatic heterocycles. The number of fused-ring (bicyclic) bond motifs is 1. The van der Waals surface area contributed by atoms with Crippen molar-refractivity contribution in [2.75, 3.05) is 6.54 Å². The van der Waals surface area contributed by atoms with Crippen molar-refractivity contribution in [3.63, 3.8) is 0 Å². The molecule has 2 rings (SSSR count). The molecule has 1 aromatic rings. The summed E-state index contributed by atoms with van der Waals surface area (Å²) in [5, 5.41) is 10.7. The number of unbranched alkanes of at least 4 members (excludes halogenated alkanes) is 2. The van der Waals surface area contributed by atoms with Crippen molar-refractivity contribution in [3.8, 4) is 5.75 Å². The summed E-state index contributed by atoms with van der Waals surface area (Å²) in [6, 6.07) is 4.10. The maximum absolute atomic E-state index is 11.1. The number of benzene rings is 1. The maximum Gasteiger partial charge on any atom is 0.302 e. The number of aliphatic imine (C=N–C) groups is 1. The first-order valence-corrected chi connectivity index (χ1v) is 10.3. The molecule has 1 N–H and O–H groups in total. The number of nitrogens with zero attached hydrogens (tertiary/aromatic N) is 1. The Morgan fingerprint density at radius 3 is 2.77 bits per heavy atom. The number of hydrogen-bond acceptors (Lipinski definition) is 5. The van der Waals surface area contributed by atoms with Crippen molar-refractivity contribution in [2.24, 2.45) is 4.99 Å². The second kappa shape index (κ2) is 8.94. The van der Waals surface area contributed by atoms with Gasteiger partial charge in [-0.15, -0.1) is 11.8 Å². The van der Waals surface area contributed by atoms with Crippen LogP contribution in [0.2, 0.25) is 0 Å². The number of phenols is 1. The number of rotatable bonds is 7. The summed E-state index contributed by atoms with van der Waals surface area (Å²) in [5.41, 5.74) is 2.94. The lowest BCUT2D eigenvalue weighted by molar-refractivity contribution is -0.144. The summed E-state index contributed by atoms with van der Waals surface area (Å²) in [4.78, 5) is 16.9. The number of carbonyl (C=O) groups is 1. The molecule has 0 saturated carbocycles. The summed E-state index contributed by atoms with van der Waals surface area (Å²) in [6.07, 6.45) is 5.04. The number of aromatic hydroxyl groups is 1. The van der Waals surface area contributed by atoms with E-state index >= 15 is 0 Å². The summed E-state index contributed by atoms with van der Waals surface area (Å²) in [7, 11) is 0. The molecular formula is C21H31NO3S. The molecule has 1 aliphatic rings. The van der Waals surface area contributed by atoms with Crippen LogP contribution >= 0.6 is 11.8 Å². The first-order valence-electron chi connectivity index (χ1n) is 9.47. The molecule has 1 aliphatic heterocycles. The third-order valence-corrected chi connectivity index (χ3v) is 5.62. The van der Waals surface area contributed by atoms with Crippen molar-refractivity contribution in [1.29, 1.82) is 0 Å². The molecule has 5 heteroatoms. The van der Waals surface area contributed by atoms with Crippen molar-refractivity contribution in [1.82, 2.24) is 0 Å². The Bertz CT molecular complexity index is 682. The smallest absolute Gasteiger partial charge is 0.302 e. The van der Waals surface area contributed by atoms with Crippen molar-refractivity contribution < 1.29 is 14.6 Å². The summed E-state index contributed by atoms with van der Waals surface area (Å²) in [6.45, 7) is 10.3. The van der Waals surface area contributed by atoms with Gasteiger partial charge in [0.1, 0.15) is 11.9 Å². The van der Waals surface area contributed by atoms with Crippen LogP contribution in [0, 0.1) is 0 Å². The zero-order valence-corrected chi connectivity index (χ0v) is 17.4. The van der Waals surface area contributed by atoms with Crippen LogP contribution in [-0.2, 0) is 16.0 Å². The van der Waals surface area contributed by atoms with Gasteiger partial charge in [0.05, 0.1) is 12.1 Å². The van der Waals surface area contributed by atoms with E-state index in [0.29, 0.717) is 12.3 Å². The van der Waals surface area contributed by atoms with Gasteiger partial charge < -0.3 is 9.84 Å². The topological polar surface area (TPSA) is 58.9 Å². The molecule has 144 valence electrons. The summed E-state index contributed by atoms with van der Waals surface area (Å²) >= 11 is 1.80. The molecule has 0 aliphatic carbocycles. The van der Waals surface area contributed by atoms with Crippen molar-refractivity contribution in [3.05, 3.63) is 23.3 Å². The number of ether oxygens (including phenoxy) is 1. The first-order chi connectivity index (χ1) is 12.2. The van der Waals surface area contributed by atoms with Crippen LogP contribution < -0.4 is 0 Å². The van der Waals surface area contributed by atoms with Gasteiger partial charge in [-0.25, -0.2) is 0 Å². The van der Waals surface area contributed by atoms with Gasteiger partial charge in [-0.2, -0.15) is 0 Å². The van der Waals surface area contributed by atoms with Gasteiger partial charge in [0.2, 0.25) is 0 Å².